The van der Waals surface area contributed by atoms with Crippen molar-refractivity contribution in [3.05, 3.63) is 0 Å². The number of hydrogen-bond acceptors (Lipinski definition) is 11. The number of hydrogen-bond donors (Lipinski definition) is 8. The molecule has 11 nitrogen and oxygen atoms in total. The molecule has 8 N–H and O–H groups in total. The van der Waals surface area contributed by atoms with E-state index in [2.05, 4.69) is 0 Å². The topological polar surface area (TPSA) is 190 Å². The molecule has 2 aliphatic heterocycles. The highest BCUT2D eigenvalue weighted by Crippen LogP contribution is 2.24. The summed E-state index contributed by atoms with van der Waals surface area (Å²) >= 11 is 0. The highest BCUT2D eigenvalue weighted by atomic mass is 16.7. The predicted octanol–water partition coefficient (Wildman–Crippen LogP) is -5.40. The molecule has 0 aromatic rings. The second kappa shape index (κ2) is 7.63. The number of aliphatic hydroxyl groups is 8. The smallest absolute Gasteiger partial charge is 0.186 e. The molecule has 10 atom stereocenters. The number of rotatable bonds is 4. The van der Waals surface area contributed by atoms with Crippen LogP contribution in [0.25, 0.3) is 0 Å². The fourth-order valence-electron chi connectivity index (χ4n) is 2.46. The Morgan fingerprint density at radius 2 is 1.22 bits per heavy atom. The zero-order valence-corrected chi connectivity index (χ0v) is 12.0. The summed E-state index contributed by atoms with van der Waals surface area (Å²) in [5.41, 5.74) is 0. The Bertz CT molecular complexity index is 380. The maximum atomic E-state index is 9.78. The van der Waals surface area contributed by atoms with Gasteiger partial charge in [0.05, 0.1) is 13.2 Å². The lowest BCUT2D eigenvalue weighted by Gasteiger charge is -2.41. The van der Waals surface area contributed by atoms with E-state index >= 15 is 0 Å². The molecular weight excluding hydrogens is 320 g/mol. The van der Waals surface area contributed by atoms with Crippen molar-refractivity contribution in [3.63, 3.8) is 0 Å². The Morgan fingerprint density at radius 1 is 0.652 bits per heavy atom. The lowest BCUT2D eigenvalue weighted by molar-refractivity contribution is -0.325. The second-order valence-electron chi connectivity index (χ2n) is 5.57. The third-order valence-electron chi connectivity index (χ3n) is 3.96. The van der Waals surface area contributed by atoms with E-state index < -0.39 is 74.6 Å². The summed E-state index contributed by atoms with van der Waals surface area (Å²) in [5, 5.41) is 76.1. The van der Waals surface area contributed by atoms with Crippen molar-refractivity contribution in [2.75, 3.05) is 13.2 Å². The summed E-state index contributed by atoms with van der Waals surface area (Å²) in [4.78, 5) is 0. The molecule has 2 rings (SSSR count). The standard InChI is InChI=1S/C12H22O11/c13-1-3-5(14)8(17)10(19)12(23-3)21-2-4-6(15)7(16)9(18)11(20)22-4/h3-20H,1-2H2/t3?,4?,5-,6+,7?,8?,9-,10-,11+,12+/m0/s1. The minimum absolute atomic E-state index is 0.468. The molecule has 136 valence electrons. The first-order chi connectivity index (χ1) is 10.8. The van der Waals surface area contributed by atoms with E-state index in [1.807, 2.05) is 0 Å². The molecule has 0 spiro atoms. The fourth-order valence-corrected chi connectivity index (χ4v) is 2.46. The Labute approximate surface area is 130 Å². The van der Waals surface area contributed by atoms with Crippen LogP contribution in [0.4, 0.5) is 0 Å². The molecule has 2 fully saturated rings. The van der Waals surface area contributed by atoms with Crippen molar-refractivity contribution in [3.8, 4) is 0 Å². The minimum atomic E-state index is -1.74. The molecule has 2 aliphatic rings. The van der Waals surface area contributed by atoms with Crippen LogP contribution in [0, 0.1) is 0 Å². The van der Waals surface area contributed by atoms with Gasteiger partial charge in [-0.1, -0.05) is 0 Å². The largest absolute Gasteiger partial charge is 0.394 e. The van der Waals surface area contributed by atoms with Gasteiger partial charge in [-0.25, -0.2) is 0 Å². The van der Waals surface area contributed by atoms with Gasteiger partial charge in [0, 0.05) is 0 Å². The fraction of sp³-hybridized carbons (Fsp3) is 1.00. The molecule has 2 heterocycles. The molecule has 0 saturated carbocycles. The van der Waals surface area contributed by atoms with Gasteiger partial charge >= 0.3 is 0 Å². The molecule has 0 aliphatic carbocycles. The van der Waals surface area contributed by atoms with Gasteiger partial charge in [-0.15, -0.1) is 0 Å². The summed E-state index contributed by atoms with van der Waals surface area (Å²) in [6.45, 7) is -1.10. The zero-order valence-electron chi connectivity index (χ0n) is 12.0. The average Bonchev–Trinajstić information content (AvgIpc) is 2.54. The van der Waals surface area contributed by atoms with Gasteiger partial charge in [-0.05, 0) is 0 Å². The van der Waals surface area contributed by atoms with Crippen LogP contribution in [0.1, 0.15) is 0 Å². The van der Waals surface area contributed by atoms with Gasteiger partial charge in [0.15, 0.2) is 12.6 Å². The summed E-state index contributed by atoms with van der Waals surface area (Å²) in [5.74, 6) is 0. The first-order valence-electron chi connectivity index (χ1n) is 7.07. The summed E-state index contributed by atoms with van der Waals surface area (Å²) in [7, 11) is 0. The van der Waals surface area contributed by atoms with E-state index in [4.69, 9.17) is 19.3 Å². The van der Waals surface area contributed by atoms with E-state index in [-0.39, 0.29) is 0 Å². The van der Waals surface area contributed by atoms with E-state index in [9.17, 15) is 35.7 Å². The van der Waals surface area contributed by atoms with E-state index in [1.165, 1.54) is 0 Å². The predicted molar refractivity (Wildman–Crippen MR) is 68.6 cm³/mol. The molecule has 2 saturated heterocycles. The second-order valence-corrected chi connectivity index (χ2v) is 5.57. The van der Waals surface area contributed by atoms with Gasteiger partial charge < -0.3 is 55.1 Å². The molecule has 23 heavy (non-hydrogen) atoms. The van der Waals surface area contributed by atoms with Crippen LogP contribution in [-0.4, -0.2) is 115 Å². The maximum absolute atomic E-state index is 9.78. The SMILES string of the molecule is OCC1O[C@@H](OCC2O[C@@H](O)[C@@H](O)C(O)[C@@H]2O)[C@@H](O)C(O)[C@H]1O. The van der Waals surface area contributed by atoms with Gasteiger partial charge in [0.1, 0.15) is 48.8 Å². The maximum Gasteiger partial charge on any atom is 0.186 e. The Kier molecular flexibility index (Phi) is 6.27. The molecule has 11 heteroatoms. The monoisotopic (exact) mass is 342 g/mol. The quantitative estimate of drug-likeness (QED) is 0.243. The van der Waals surface area contributed by atoms with Crippen LogP contribution < -0.4 is 0 Å². The summed E-state index contributed by atoms with van der Waals surface area (Å²) in [6.07, 6.45) is -15.3. The van der Waals surface area contributed by atoms with Crippen molar-refractivity contribution in [2.45, 2.75) is 61.4 Å². The van der Waals surface area contributed by atoms with Crippen molar-refractivity contribution in [1.82, 2.24) is 0 Å². The van der Waals surface area contributed by atoms with Crippen LogP contribution in [0.2, 0.25) is 0 Å². The van der Waals surface area contributed by atoms with Crippen molar-refractivity contribution in [2.24, 2.45) is 0 Å². The normalized spacial score (nSPS) is 51.7. The van der Waals surface area contributed by atoms with Crippen LogP contribution in [-0.2, 0) is 14.2 Å². The molecule has 4 unspecified atom stereocenters. The van der Waals surface area contributed by atoms with Crippen LogP contribution in [0.3, 0.4) is 0 Å². The van der Waals surface area contributed by atoms with Crippen molar-refractivity contribution >= 4 is 0 Å². The summed E-state index contributed by atoms with van der Waals surface area (Å²) in [6, 6.07) is 0. The van der Waals surface area contributed by atoms with E-state index in [0.29, 0.717) is 0 Å². The number of ether oxygens (including phenoxy) is 3. The van der Waals surface area contributed by atoms with Crippen LogP contribution >= 0.6 is 0 Å². The van der Waals surface area contributed by atoms with E-state index in [1.54, 1.807) is 0 Å². The summed E-state index contributed by atoms with van der Waals surface area (Å²) < 4.78 is 15.1. The molecule has 0 radical (unpaired) electrons. The van der Waals surface area contributed by atoms with Crippen LogP contribution in [0.5, 0.6) is 0 Å². The van der Waals surface area contributed by atoms with Crippen LogP contribution in [0.15, 0.2) is 0 Å². The highest BCUT2D eigenvalue weighted by Gasteiger charge is 2.46. The lowest BCUT2D eigenvalue weighted by atomic mass is 9.98. The zero-order chi connectivity index (χ0) is 17.3. The Balaban J connectivity index is 1.94. The molecule has 0 aromatic heterocycles. The van der Waals surface area contributed by atoms with Gasteiger partial charge in [-0.2, -0.15) is 0 Å². The molecule has 0 amide bonds. The van der Waals surface area contributed by atoms with Crippen molar-refractivity contribution in [1.29, 1.82) is 0 Å². The lowest BCUT2D eigenvalue weighted by Crippen LogP contribution is -2.61. The third-order valence-corrected chi connectivity index (χ3v) is 3.96. The Hall–Kier alpha value is -0.440. The minimum Gasteiger partial charge on any atom is -0.394 e. The van der Waals surface area contributed by atoms with E-state index in [0.717, 1.165) is 0 Å². The van der Waals surface area contributed by atoms with Gasteiger partial charge in [0.2, 0.25) is 0 Å². The van der Waals surface area contributed by atoms with Gasteiger partial charge in [0.25, 0.3) is 0 Å². The third kappa shape index (κ3) is 3.81. The Morgan fingerprint density at radius 3 is 1.83 bits per heavy atom. The number of aliphatic hydroxyl groups excluding tert-OH is 8. The average molecular weight is 342 g/mol. The first-order valence-corrected chi connectivity index (χ1v) is 7.07. The molecule has 0 bridgehead atoms. The van der Waals surface area contributed by atoms with Gasteiger partial charge in [-0.3, -0.25) is 0 Å². The molecule has 0 aromatic carbocycles. The highest BCUT2D eigenvalue weighted by molar-refractivity contribution is 4.91. The van der Waals surface area contributed by atoms with Crippen molar-refractivity contribution < 1.29 is 55.1 Å². The first kappa shape index (κ1) is 18.9. The molecular formula is C12H22O11.